The van der Waals surface area contributed by atoms with Crippen molar-refractivity contribution in [1.29, 1.82) is 0 Å². The number of nitrogens with one attached hydrogen (secondary N) is 1. The summed E-state index contributed by atoms with van der Waals surface area (Å²) >= 11 is 0. The number of hydrogen-bond donors (Lipinski definition) is 1. The second-order valence-electron chi connectivity index (χ2n) is 8.35. The fraction of sp³-hybridized carbons (Fsp3) is 0.500. The van der Waals surface area contributed by atoms with Gasteiger partial charge in [-0.25, -0.2) is 4.79 Å². The van der Waals surface area contributed by atoms with E-state index < -0.39 is 11.6 Å². The van der Waals surface area contributed by atoms with E-state index in [9.17, 15) is 9.59 Å². The second-order valence-corrected chi connectivity index (χ2v) is 8.35. The molecule has 1 aromatic heterocycles. The normalized spacial score (nSPS) is 14.9. The first-order valence-corrected chi connectivity index (χ1v) is 10.2. The van der Waals surface area contributed by atoms with Gasteiger partial charge in [-0.2, -0.15) is 5.10 Å². The Morgan fingerprint density at radius 2 is 1.97 bits per heavy atom. The van der Waals surface area contributed by atoms with Crippen molar-refractivity contribution < 1.29 is 14.3 Å². The van der Waals surface area contributed by atoms with Crippen LogP contribution in [-0.2, 0) is 9.53 Å². The van der Waals surface area contributed by atoms with Crippen molar-refractivity contribution in [3.8, 4) is 0 Å². The molecule has 1 aromatic carbocycles. The van der Waals surface area contributed by atoms with E-state index in [-0.39, 0.29) is 18.0 Å². The molecule has 0 saturated heterocycles. The Balaban J connectivity index is 1.54. The average molecular weight is 399 g/mol. The summed E-state index contributed by atoms with van der Waals surface area (Å²) in [5.41, 5.74) is 0.368. The van der Waals surface area contributed by atoms with Gasteiger partial charge in [-0.15, -0.1) is 0 Å². The molecular formula is C22H30N4O3. The van der Waals surface area contributed by atoms with Crippen LogP contribution in [0.5, 0.6) is 0 Å². The van der Waals surface area contributed by atoms with Crippen LogP contribution in [0.4, 0.5) is 4.79 Å². The maximum absolute atomic E-state index is 12.9. The molecule has 1 atom stereocenters. The van der Waals surface area contributed by atoms with Crippen LogP contribution in [0.15, 0.2) is 48.8 Å². The lowest BCUT2D eigenvalue weighted by atomic mass is 10.1. The minimum Gasteiger partial charge on any atom is -0.444 e. The molecule has 1 aliphatic rings. The smallest absolute Gasteiger partial charge is 0.410 e. The molecule has 0 radical (unpaired) electrons. The Labute approximate surface area is 172 Å². The van der Waals surface area contributed by atoms with Gasteiger partial charge in [0.1, 0.15) is 5.60 Å². The van der Waals surface area contributed by atoms with E-state index >= 15 is 0 Å². The number of nitrogens with zero attached hydrogens (tertiary/aromatic N) is 3. The molecule has 1 fully saturated rings. The van der Waals surface area contributed by atoms with Crippen molar-refractivity contribution >= 4 is 12.0 Å². The second kappa shape index (κ2) is 9.11. The van der Waals surface area contributed by atoms with E-state index in [0.29, 0.717) is 19.5 Å². The van der Waals surface area contributed by atoms with Gasteiger partial charge in [0.25, 0.3) is 0 Å². The van der Waals surface area contributed by atoms with Gasteiger partial charge < -0.3 is 15.0 Å². The molecule has 2 aromatic rings. The monoisotopic (exact) mass is 398 g/mol. The highest BCUT2D eigenvalue weighted by Gasteiger charge is 2.34. The van der Waals surface area contributed by atoms with Crippen LogP contribution in [0.3, 0.4) is 0 Å². The van der Waals surface area contributed by atoms with Gasteiger partial charge in [-0.1, -0.05) is 30.3 Å². The summed E-state index contributed by atoms with van der Waals surface area (Å²) < 4.78 is 7.17. The highest BCUT2D eigenvalue weighted by molar-refractivity contribution is 5.83. The lowest BCUT2D eigenvalue weighted by Crippen LogP contribution is -2.40. The van der Waals surface area contributed by atoms with Gasteiger partial charge >= 0.3 is 6.09 Å². The number of rotatable bonds is 8. The van der Waals surface area contributed by atoms with E-state index in [0.717, 1.165) is 18.4 Å². The van der Waals surface area contributed by atoms with Crippen LogP contribution >= 0.6 is 0 Å². The van der Waals surface area contributed by atoms with E-state index in [2.05, 4.69) is 10.4 Å². The number of carbonyl (C=O) groups excluding carboxylic acids is 2. The van der Waals surface area contributed by atoms with Crippen molar-refractivity contribution in [2.45, 2.75) is 57.7 Å². The fourth-order valence-corrected chi connectivity index (χ4v) is 3.18. The topological polar surface area (TPSA) is 76.5 Å². The first kappa shape index (κ1) is 20.9. The van der Waals surface area contributed by atoms with E-state index in [1.807, 2.05) is 51.1 Å². The molecule has 2 amide bonds. The summed E-state index contributed by atoms with van der Waals surface area (Å²) in [5.74, 6) is -0.116. The standard InChI is InChI=1S/C22H30N4O3/c1-22(2,3)29-21(28)25(18-11-12-18)15-7-13-23-20(27)19(26-16-8-14-24-26)17-9-5-4-6-10-17/h4-6,8-10,14,16,18-19H,7,11-13,15H2,1-3H3,(H,23,27). The van der Waals surface area contributed by atoms with Crippen LogP contribution in [0.25, 0.3) is 0 Å². The molecule has 0 spiro atoms. The third-order valence-electron chi connectivity index (χ3n) is 4.64. The van der Waals surface area contributed by atoms with Crippen molar-refractivity contribution in [2.24, 2.45) is 0 Å². The largest absolute Gasteiger partial charge is 0.444 e. The number of carbonyl (C=O) groups is 2. The van der Waals surface area contributed by atoms with E-state index in [1.165, 1.54) is 0 Å². The molecule has 156 valence electrons. The summed E-state index contributed by atoms with van der Waals surface area (Å²) in [4.78, 5) is 27.1. The first-order valence-electron chi connectivity index (χ1n) is 10.2. The van der Waals surface area contributed by atoms with Crippen LogP contribution in [0.1, 0.15) is 51.6 Å². The summed E-state index contributed by atoms with van der Waals surface area (Å²) in [5, 5.41) is 7.24. The molecule has 1 saturated carbocycles. The third-order valence-corrected chi connectivity index (χ3v) is 4.64. The Bertz CT molecular complexity index is 795. The number of aromatic nitrogens is 2. The lowest BCUT2D eigenvalue weighted by molar-refractivity contribution is -0.123. The summed E-state index contributed by atoms with van der Waals surface area (Å²) in [7, 11) is 0. The van der Waals surface area contributed by atoms with Crippen LogP contribution < -0.4 is 5.32 Å². The third kappa shape index (κ3) is 6.07. The van der Waals surface area contributed by atoms with Crippen molar-refractivity contribution in [1.82, 2.24) is 20.0 Å². The Morgan fingerprint density at radius 1 is 1.24 bits per heavy atom. The van der Waals surface area contributed by atoms with Crippen molar-refractivity contribution in [2.75, 3.05) is 13.1 Å². The molecule has 1 unspecified atom stereocenters. The number of amides is 2. The van der Waals surface area contributed by atoms with E-state index in [4.69, 9.17) is 4.74 Å². The minimum atomic E-state index is -0.517. The molecule has 29 heavy (non-hydrogen) atoms. The summed E-state index contributed by atoms with van der Waals surface area (Å²) in [6, 6.07) is 11.1. The lowest BCUT2D eigenvalue weighted by Gasteiger charge is -2.27. The molecule has 3 rings (SSSR count). The maximum atomic E-state index is 12.9. The quantitative estimate of drug-likeness (QED) is 0.692. The predicted octanol–water partition coefficient (Wildman–Crippen LogP) is 3.38. The van der Waals surface area contributed by atoms with Crippen LogP contribution in [-0.4, -0.2) is 51.4 Å². The van der Waals surface area contributed by atoms with Gasteiger partial charge in [0.05, 0.1) is 0 Å². The zero-order valence-corrected chi connectivity index (χ0v) is 17.4. The molecule has 1 heterocycles. The molecular weight excluding hydrogens is 368 g/mol. The zero-order chi connectivity index (χ0) is 20.9. The molecule has 0 bridgehead atoms. The van der Waals surface area contributed by atoms with Gasteiger partial charge in [0.15, 0.2) is 6.04 Å². The summed E-state index contributed by atoms with van der Waals surface area (Å²) in [6.07, 6.45) is 5.88. The van der Waals surface area contributed by atoms with Gasteiger partial charge in [0, 0.05) is 31.5 Å². The maximum Gasteiger partial charge on any atom is 0.410 e. The molecule has 7 heteroatoms. The number of ether oxygens (including phenoxy) is 1. The highest BCUT2D eigenvalue weighted by atomic mass is 16.6. The van der Waals surface area contributed by atoms with Crippen molar-refractivity contribution in [3.63, 3.8) is 0 Å². The van der Waals surface area contributed by atoms with Gasteiger partial charge in [0.2, 0.25) is 5.91 Å². The Hall–Kier alpha value is -2.83. The van der Waals surface area contributed by atoms with Crippen molar-refractivity contribution in [3.05, 3.63) is 54.4 Å². The Kier molecular flexibility index (Phi) is 6.56. The minimum absolute atomic E-state index is 0.116. The Morgan fingerprint density at radius 3 is 2.55 bits per heavy atom. The number of hydrogen-bond acceptors (Lipinski definition) is 4. The zero-order valence-electron chi connectivity index (χ0n) is 17.4. The van der Waals surface area contributed by atoms with Crippen LogP contribution in [0, 0.1) is 0 Å². The summed E-state index contributed by atoms with van der Waals surface area (Å²) in [6.45, 7) is 6.66. The van der Waals surface area contributed by atoms with Crippen LogP contribution in [0.2, 0.25) is 0 Å². The predicted molar refractivity (Wildman–Crippen MR) is 110 cm³/mol. The fourth-order valence-electron chi connectivity index (χ4n) is 3.18. The SMILES string of the molecule is CC(C)(C)OC(=O)N(CCCNC(=O)C(c1ccccc1)n1cccn1)C1CC1. The molecule has 0 aliphatic heterocycles. The molecule has 7 nitrogen and oxygen atoms in total. The number of benzene rings is 1. The average Bonchev–Trinajstić information content (AvgIpc) is 3.36. The highest BCUT2D eigenvalue weighted by Crippen LogP contribution is 2.28. The molecule has 1 N–H and O–H groups in total. The van der Waals surface area contributed by atoms with Gasteiger partial charge in [-0.3, -0.25) is 9.48 Å². The first-order chi connectivity index (χ1) is 13.8. The molecule has 1 aliphatic carbocycles. The van der Waals surface area contributed by atoms with E-state index in [1.54, 1.807) is 28.0 Å². The van der Waals surface area contributed by atoms with Gasteiger partial charge in [-0.05, 0) is 51.7 Å².